The van der Waals surface area contributed by atoms with Crippen molar-refractivity contribution in [3.8, 4) is 56.3 Å². The molecule has 0 radical (unpaired) electrons. The van der Waals surface area contributed by atoms with Crippen LogP contribution in [0.5, 0.6) is 0 Å². The summed E-state index contributed by atoms with van der Waals surface area (Å²) in [5.41, 5.74) is 17.4. The molecule has 10 aromatic rings. The number of nitrogens with zero attached hydrogens (tertiary/aromatic N) is 5. The summed E-state index contributed by atoms with van der Waals surface area (Å²) in [7, 11) is 9.36. The third-order valence-corrected chi connectivity index (χ3v) is 15.5. The highest BCUT2D eigenvalue weighted by Gasteiger charge is 2.21. The molecular weight excluding hydrogens is 1150 g/mol. The summed E-state index contributed by atoms with van der Waals surface area (Å²) in [5.74, 6) is -0.263. The van der Waals surface area contributed by atoms with Crippen LogP contribution in [0.15, 0.2) is 177 Å². The molecule has 0 spiro atoms. The Balaban J connectivity index is 0.000000234. The van der Waals surface area contributed by atoms with Gasteiger partial charge in [0.25, 0.3) is 0 Å². The van der Waals surface area contributed by atoms with E-state index in [1.165, 1.54) is 0 Å². The lowest BCUT2D eigenvalue weighted by atomic mass is 9.88. The first-order valence-electron chi connectivity index (χ1n) is 45.4. The fraction of sp³-hybridized carbons (Fsp3) is 0.389. The van der Waals surface area contributed by atoms with Crippen molar-refractivity contribution >= 4 is 0 Å². The van der Waals surface area contributed by atoms with Crippen molar-refractivity contribution in [1.29, 1.82) is 0 Å². The van der Waals surface area contributed by atoms with Crippen molar-refractivity contribution < 1.29 is 58.5 Å². The Bertz CT molecular complexity index is 5330. The van der Waals surface area contributed by atoms with Gasteiger partial charge in [-0.15, -0.1) is 0 Å². The second-order valence-electron chi connectivity index (χ2n) is 27.5. The maximum absolute atomic E-state index is 8.50. The Kier molecular flexibility index (Phi) is 16.2. The van der Waals surface area contributed by atoms with Gasteiger partial charge in [0.2, 0.25) is 28.5 Å². The van der Waals surface area contributed by atoms with E-state index in [2.05, 4.69) is 0 Å². The number of rotatable bonds is 11. The highest BCUT2D eigenvalue weighted by molar-refractivity contribution is 5.66. The van der Waals surface area contributed by atoms with Gasteiger partial charge in [-0.3, -0.25) is 0 Å². The van der Waals surface area contributed by atoms with E-state index in [4.69, 9.17) is 35.6 Å². The maximum Gasteiger partial charge on any atom is 0.212 e. The number of hydrogen-bond acceptors (Lipinski definition) is 0. The predicted octanol–water partition coefficient (Wildman–Crippen LogP) is 20.2. The molecule has 0 saturated carbocycles. The average Bonchev–Trinajstić information content (AvgIpc) is 0.780. The van der Waals surface area contributed by atoms with Crippen LogP contribution in [0, 0.1) is 105 Å². The third-order valence-electron chi connectivity index (χ3n) is 15.5. The fourth-order valence-electron chi connectivity index (χ4n) is 11.1. The van der Waals surface area contributed by atoms with E-state index in [0.29, 0.717) is 55.6 Å². The van der Waals surface area contributed by atoms with Gasteiger partial charge in [-0.2, -0.15) is 0 Å². The molecular formula is C90H120N5+5. The molecule has 0 fully saturated rings. The maximum atomic E-state index is 8.50. The van der Waals surface area contributed by atoms with Crippen LogP contribution in [0.3, 0.4) is 0 Å². The van der Waals surface area contributed by atoms with Crippen molar-refractivity contribution in [1.82, 2.24) is 0 Å². The SMILES string of the molecule is [2H]C([2H])([2H])c1ccc(-c2cc(C([2H])([2H])C(C)(C)C)cc[n+]2C)c(C)c1.[2H]C([2H])([2H])c1ccc(-c2cc(C([2H])([2H])C(C)C)cc[n+]2C)c(C)c1.[2H]C([2H])([2H])c1ccc(-c2cc(C)c(C([2H])([2H])[2H])cc2C)[n+](C)c1.[2H]C([2H])([2H])c1ccc(-c2ccc(C([2H])([2H])C(C)(C)C)c[n+]2C)c(C)c1.[2H]C([2H])([2H])c1ccc(-c2ccc(C([2H])([2H])C(C)C)c[n+]2C)c(C)c1. The molecule has 5 heteroatoms. The molecule has 0 unspecified atom stereocenters. The van der Waals surface area contributed by atoms with Gasteiger partial charge in [-0.05, 0) is 229 Å². The summed E-state index contributed by atoms with van der Waals surface area (Å²) >= 11 is 0. The van der Waals surface area contributed by atoms with E-state index in [9.17, 15) is 0 Å². The van der Waals surface area contributed by atoms with E-state index in [1.54, 1.807) is 110 Å². The number of aromatic nitrogens is 5. The van der Waals surface area contributed by atoms with E-state index in [0.717, 1.165) is 84.1 Å². The van der Waals surface area contributed by atoms with Gasteiger partial charge in [0.15, 0.2) is 31.0 Å². The summed E-state index contributed by atoms with van der Waals surface area (Å²) in [6, 6.07) is 42.2. The molecule has 5 nitrogen and oxygen atoms in total. The van der Waals surface area contributed by atoms with Crippen LogP contribution < -0.4 is 22.8 Å². The fourth-order valence-corrected chi connectivity index (χ4v) is 11.1. The van der Waals surface area contributed by atoms with Gasteiger partial charge in [-0.25, -0.2) is 22.8 Å². The van der Waals surface area contributed by atoms with Crippen molar-refractivity contribution in [3.05, 3.63) is 266 Å². The molecule has 0 saturated heterocycles. The minimum absolute atomic E-state index is 0.122. The molecule has 0 N–H and O–H groups in total. The minimum atomic E-state index is -2.15. The zero-order valence-corrected chi connectivity index (χ0v) is 60.1. The zero-order valence-electron chi connectivity index (χ0n) is 86.1. The van der Waals surface area contributed by atoms with Crippen LogP contribution >= 0.6 is 0 Å². The lowest BCUT2D eigenvalue weighted by Crippen LogP contribution is -2.32. The molecule has 0 atom stereocenters. The Morgan fingerprint density at radius 3 is 1.05 bits per heavy atom. The molecule has 95 heavy (non-hydrogen) atoms. The summed E-state index contributed by atoms with van der Waals surface area (Å²) in [5, 5.41) is 0. The van der Waals surface area contributed by atoms with Gasteiger partial charge in [-0.1, -0.05) is 146 Å². The van der Waals surface area contributed by atoms with Gasteiger partial charge in [0.1, 0.15) is 35.2 Å². The molecule has 5 heterocycles. The van der Waals surface area contributed by atoms with Crippen molar-refractivity contribution in [2.24, 2.45) is 57.9 Å². The topological polar surface area (TPSA) is 19.4 Å². The zero-order chi connectivity index (χ0) is 92.6. The van der Waals surface area contributed by atoms with Gasteiger partial charge in [0, 0.05) is 123 Å². The lowest BCUT2D eigenvalue weighted by molar-refractivity contribution is -0.661. The minimum Gasteiger partial charge on any atom is -0.201 e. The Labute approximate surface area is 613 Å². The number of benzene rings is 5. The van der Waals surface area contributed by atoms with Crippen LogP contribution in [0.25, 0.3) is 56.3 Å². The lowest BCUT2D eigenvalue weighted by Gasteiger charge is -2.18. The first kappa shape index (κ1) is 46.1. The predicted molar refractivity (Wildman–Crippen MR) is 406 cm³/mol. The number of aryl methyl sites for hydroxylation is 17. The van der Waals surface area contributed by atoms with Gasteiger partial charge in [0.05, 0.1) is 0 Å². The summed E-state index contributed by atoms with van der Waals surface area (Å²) in [6.07, 6.45) is 3.17. The van der Waals surface area contributed by atoms with Crippen LogP contribution in [0.4, 0.5) is 0 Å². The molecule has 0 amide bonds. The normalized spacial score (nSPS) is 16.7. The van der Waals surface area contributed by atoms with Crippen LogP contribution in [-0.4, -0.2) is 0 Å². The van der Waals surface area contributed by atoms with Gasteiger partial charge >= 0.3 is 0 Å². The molecule has 0 aliphatic rings. The quantitative estimate of drug-likeness (QED) is 0.115. The molecule has 500 valence electrons. The summed E-state index contributed by atoms with van der Waals surface area (Å²) < 4.78 is 212. The molecule has 5 aromatic carbocycles. The molecule has 0 aliphatic carbocycles. The molecule has 0 aliphatic heterocycles. The summed E-state index contributed by atoms with van der Waals surface area (Å²) in [6.45, 7) is 17.2. The third kappa shape index (κ3) is 22.8. The Morgan fingerprint density at radius 2 is 0.653 bits per heavy atom. The van der Waals surface area contributed by atoms with Crippen molar-refractivity contribution in [2.75, 3.05) is 0 Å². The smallest absolute Gasteiger partial charge is 0.201 e. The average molecular weight is 1300 g/mol. The van der Waals surface area contributed by atoms with Crippen LogP contribution in [-0.2, 0) is 60.7 Å². The van der Waals surface area contributed by atoms with E-state index in [-0.39, 0.29) is 17.4 Å². The van der Waals surface area contributed by atoms with E-state index >= 15 is 0 Å². The first-order valence-corrected chi connectivity index (χ1v) is 32.4. The van der Waals surface area contributed by atoms with Gasteiger partial charge < -0.3 is 0 Å². The van der Waals surface area contributed by atoms with Crippen molar-refractivity contribution in [3.63, 3.8) is 0 Å². The first-order chi connectivity index (χ1) is 54.8. The van der Waals surface area contributed by atoms with E-state index in [1.807, 2.05) is 236 Å². The highest BCUT2D eigenvalue weighted by atomic mass is 14.9. The molecule has 5 aromatic heterocycles. The Morgan fingerprint density at radius 1 is 0.305 bits per heavy atom. The second kappa shape index (κ2) is 33.5. The summed E-state index contributed by atoms with van der Waals surface area (Å²) in [4.78, 5) is 0. The van der Waals surface area contributed by atoms with Crippen LogP contribution in [0.1, 0.15) is 194 Å². The number of pyridine rings is 5. The second-order valence-corrected chi connectivity index (χ2v) is 27.5. The Hall–Kier alpha value is -8.15. The van der Waals surface area contributed by atoms with Crippen LogP contribution in [0.2, 0.25) is 0 Å². The largest absolute Gasteiger partial charge is 0.212 e. The van der Waals surface area contributed by atoms with Crippen molar-refractivity contribution in [2.45, 2.75) is 177 Å². The highest BCUT2D eigenvalue weighted by Crippen LogP contribution is 2.29. The molecule has 0 bridgehead atoms. The monoisotopic (exact) mass is 1300 g/mol. The number of hydrogen-bond donors (Lipinski definition) is 0. The van der Waals surface area contributed by atoms with E-state index < -0.39 is 77.4 Å². The molecule has 10 rings (SSSR count). The standard InChI is InChI=1S/2C19H26N.2C18H24N.C16H20N/c1-14-7-9-17(15(2)11-14)18-10-8-16(13-20(18)6)12-19(3,4)5;1-14-7-8-17(15(2)11-14)18-12-16(9-10-20(18)6)13-19(3,4)5;1-13(2)10-16-7-9-18(19(5)12-16)17-8-6-14(3)11-15(17)4;1-13(2)10-16-8-9-19(5)18(12-16)17-7-6-14(3)11-15(17)4;1-11-6-7-16(17(5)10-11)15-9-13(3)12(2)8-14(15)4/h7-11,13H,12H2,1-6H3;7-12H,13H2,1-6H3;2*6-9,11-13H,10H2,1-5H3;6-10H,1-5H3/q5*+1/i1D3,12D2;1D3,13D2;2*3D3,10D2;1D3,2D3.